The smallest absolute Gasteiger partial charge is 0.254 e. The lowest BCUT2D eigenvalue weighted by molar-refractivity contribution is -0.138. The molecule has 0 aliphatic carbocycles. The van der Waals surface area contributed by atoms with Gasteiger partial charge in [-0.2, -0.15) is 0 Å². The van der Waals surface area contributed by atoms with Crippen LogP contribution < -0.4 is 5.32 Å². The Morgan fingerprint density at radius 1 is 1.00 bits per heavy atom. The van der Waals surface area contributed by atoms with Gasteiger partial charge in [0.25, 0.3) is 5.91 Å². The van der Waals surface area contributed by atoms with Crippen LogP contribution in [0, 0.1) is 17.6 Å². The first-order valence-electron chi connectivity index (χ1n) is 8.51. The van der Waals surface area contributed by atoms with Crippen molar-refractivity contribution in [2.24, 2.45) is 5.92 Å². The maximum Gasteiger partial charge on any atom is 0.254 e. The van der Waals surface area contributed by atoms with Gasteiger partial charge in [0.05, 0.1) is 0 Å². The summed E-state index contributed by atoms with van der Waals surface area (Å²) in [7, 11) is 0. The molecule has 2 rings (SSSR count). The van der Waals surface area contributed by atoms with E-state index in [0.29, 0.717) is 13.1 Å². The number of hydrogen-bond donors (Lipinski definition) is 1. The highest BCUT2D eigenvalue weighted by Crippen LogP contribution is 2.14. The Kier molecular flexibility index (Phi) is 6.28. The monoisotopic (exact) mass is 367 g/mol. The number of piperazine rings is 1. The minimum atomic E-state index is -1.07. The van der Waals surface area contributed by atoms with Crippen molar-refractivity contribution in [3.8, 4) is 0 Å². The molecule has 1 aromatic carbocycles. The molecule has 0 aromatic heterocycles. The van der Waals surface area contributed by atoms with Crippen LogP contribution in [0.5, 0.6) is 0 Å². The normalized spacial score (nSPS) is 15.8. The Balaban J connectivity index is 1.99. The molecule has 8 heteroatoms. The number of rotatable bonds is 4. The van der Waals surface area contributed by atoms with Crippen LogP contribution in [0.2, 0.25) is 0 Å². The summed E-state index contributed by atoms with van der Waals surface area (Å²) in [5, 5.41) is 2.66. The lowest BCUT2D eigenvalue weighted by Crippen LogP contribution is -2.57. The molecule has 0 saturated carbocycles. The van der Waals surface area contributed by atoms with Gasteiger partial charge >= 0.3 is 0 Å². The minimum absolute atomic E-state index is 0.0618. The zero-order chi connectivity index (χ0) is 19.4. The first-order valence-corrected chi connectivity index (χ1v) is 8.51. The van der Waals surface area contributed by atoms with Crippen molar-refractivity contribution in [2.45, 2.75) is 26.8 Å². The summed E-state index contributed by atoms with van der Waals surface area (Å²) in [5.41, 5.74) is 0.0713. The second-order valence-electron chi connectivity index (χ2n) is 6.67. The van der Waals surface area contributed by atoms with Crippen molar-refractivity contribution < 1.29 is 23.2 Å². The molecular formula is C18H23F2N3O3. The second-order valence-corrected chi connectivity index (χ2v) is 6.67. The summed E-state index contributed by atoms with van der Waals surface area (Å²) in [4.78, 5) is 39.4. The molecule has 142 valence electrons. The van der Waals surface area contributed by atoms with Crippen LogP contribution in [0.1, 0.15) is 31.1 Å². The van der Waals surface area contributed by atoms with E-state index in [-0.39, 0.29) is 36.4 Å². The van der Waals surface area contributed by atoms with E-state index in [2.05, 4.69) is 5.32 Å². The fourth-order valence-electron chi connectivity index (χ4n) is 2.87. The molecule has 1 atom stereocenters. The van der Waals surface area contributed by atoms with Crippen LogP contribution in [-0.4, -0.2) is 59.7 Å². The highest BCUT2D eigenvalue weighted by Gasteiger charge is 2.31. The molecule has 1 fully saturated rings. The third kappa shape index (κ3) is 4.56. The number of amides is 3. The van der Waals surface area contributed by atoms with E-state index in [1.165, 1.54) is 17.9 Å². The van der Waals surface area contributed by atoms with Crippen LogP contribution in [0.25, 0.3) is 0 Å². The lowest BCUT2D eigenvalue weighted by Gasteiger charge is -2.37. The molecule has 1 heterocycles. The van der Waals surface area contributed by atoms with E-state index in [4.69, 9.17) is 0 Å². The average molecular weight is 367 g/mol. The highest BCUT2D eigenvalue weighted by molar-refractivity contribution is 5.94. The van der Waals surface area contributed by atoms with Crippen LogP contribution in [0.15, 0.2) is 18.2 Å². The van der Waals surface area contributed by atoms with E-state index in [1.807, 2.05) is 13.8 Å². The van der Waals surface area contributed by atoms with E-state index in [9.17, 15) is 23.2 Å². The Bertz CT molecular complexity index is 701. The van der Waals surface area contributed by atoms with Crippen molar-refractivity contribution in [2.75, 3.05) is 26.2 Å². The molecule has 1 saturated heterocycles. The molecular weight excluding hydrogens is 344 g/mol. The SMILES string of the molecule is CC(=O)NC(C(=O)N1CCN(C(=O)c2ccc(F)c(F)c2)CC1)C(C)C. The van der Waals surface area contributed by atoms with Gasteiger partial charge < -0.3 is 15.1 Å². The Morgan fingerprint density at radius 3 is 2.08 bits per heavy atom. The third-order valence-electron chi connectivity index (χ3n) is 4.34. The minimum Gasteiger partial charge on any atom is -0.344 e. The van der Waals surface area contributed by atoms with E-state index >= 15 is 0 Å². The number of carbonyl (C=O) groups is 3. The molecule has 3 amide bonds. The molecule has 1 aliphatic heterocycles. The summed E-state index contributed by atoms with van der Waals surface area (Å²) in [6.07, 6.45) is 0. The van der Waals surface area contributed by atoms with E-state index < -0.39 is 23.6 Å². The number of carbonyl (C=O) groups excluding carboxylic acids is 3. The van der Waals surface area contributed by atoms with Gasteiger partial charge in [0, 0.05) is 38.7 Å². The molecule has 26 heavy (non-hydrogen) atoms. The first-order chi connectivity index (χ1) is 12.2. The first kappa shape index (κ1) is 19.8. The standard InChI is InChI=1S/C18H23F2N3O3/c1-11(2)16(21-12(3)24)18(26)23-8-6-22(7-9-23)17(25)13-4-5-14(19)15(20)10-13/h4-5,10-11,16H,6-9H2,1-3H3,(H,21,24). The predicted molar refractivity (Wildman–Crippen MR) is 91.3 cm³/mol. The van der Waals surface area contributed by atoms with Crippen molar-refractivity contribution in [1.82, 2.24) is 15.1 Å². The van der Waals surface area contributed by atoms with Crippen LogP contribution in [0.4, 0.5) is 8.78 Å². The molecule has 0 spiro atoms. The molecule has 0 bridgehead atoms. The molecule has 6 nitrogen and oxygen atoms in total. The summed E-state index contributed by atoms with van der Waals surface area (Å²) in [6, 6.07) is 2.43. The number of nitrogens with zero attached hydrogens (tertiary/aromatic N) is 2. The van der Waals surface area contributed by atoms with Crippen molar-refractivity contribution in [3.05, 3.63) is 35.4 Å². The Labute approximate surface area is 151 Å². The number of halogens is 2. The molecule has 1 unspecified atom stereocenters. The van der Waals surface area contributed by atoms with Crippen molar-refractivity contribution >= 4 is 17.7 Å². The van der Waals surface area contributed by atoms with Crippen LogP contribution in [0.3, 0.4) is 0 Å². The second kappa shape index (κ2) is 8.25. The fourth-order valence-corrected chi connectivity index (χ4v) is 2.87. The van der Waals surface area contributed by atoms with Gasteiger partial charge in [-0.25, -0.2) is 8.78 Å². The molecule has 1 N–H and O–H groups in total. The summed E-state index contributed by atoms with van der Waals surface area (Å²) >= 11 is 0. The average Bonchev–Trinajstić information content (AvgIpc) is 2.60. The van der Waals surface area contributed by atoms with Crippen LogP contribution in [-0.2, 0) is 9.59 Å². The van der Waals surface area contributed by atoms with Crippen LogP contribution >= 0.6 is 0 Å². The molecule has 0 radical (unpaired) electrons. The predicted octanol–water partition coefficient (Wildman–Crippen LogP) is 1.41. The zero-order valence-electron chi connectivity index (χ0n) is 15.1. The largest absolute Gasteiger partial charge is 0.344 e. The zero-order valence-corrected chi connectivity index (χ0v) is 15.1. The summed E-state index contributed by atoms with van der Waals surface area (Å²) in [5.74, 6) is -3.00. The topological polar surface area (TPSA) is 69.7 Å². The van der Waals surface area contributed by atoms with E-state index in [1.54, 1.807) is 4.90 Å². The van der Waals surface area contributed by atoms with Gasteiger partial charge in [-0.3, -0.25) is 14.4 Å². The third-order valence-corrected chi connectivity index (χ3v) is 4.34. The fraction of sp³-hybridized carbons (Fsp3) is 0.500. The Hall–Kier alpha value is -2.51. The Morgan fingerprint density at radius 2 is 1.58 bits per heavy atom. The molecule has 1 aromatic rings. The van der Waals surface area contributed by atoms with Crippen molar-refractivity contribution in [1.29, 1.82) is 0 Å². The van der Waals surface area contributed by atoms with Gasteiger partial charge in [-0.1, -0.05) is 13.8 Å². The number of benzene rings is 1. The number of nitrogens with one attached hydrogen (secondary N) is 1. The van der Waals surface area contributed by atoms with Gasteiger partial charge in [-0.05, 0) is 24.1 Å². The van der Waals surface area contributed by atoms with E-state index in [0.717, 1.165) is 12.1 Å². The number of hydrogen-bond acceptors (Lipinski definition) is 3. The maximum atomic E-state index is 13.3. The maximum absolute atomic E-state index is 13.3. The van der Waals surface area contributed by atoms with Gasteiger partial charge in [0.1, 0.15) is 6.04 Å². The van der Waals surface area contributed by atoms with Gasteiger partial charge in [0.15, 0.2) is 11.6 Å². The summed E-state index contributed by atoms with van der Waals surface area (Å²) in [6.45, 7) is 6.26. The quantitative estimate of drug-likeness (QED) is 0.875. The van der Waals surface area contributed by atoms with Gasteiger partial charge in [-0.15, -0.1) is 0 Å². The molecule has 1 aliphatic rings. The van der Waals surface area contributed by atoms with Crippen molar-refractivity contribution in [3.63, 3.8) is 0 Å². The summed E-state index contributed by atoms with van der Waals surface area (Å²) < 4.78 is 26.3. The van der Waals surface area contributed by atoms with Gasteiger partial charge in [0.2, 0.25) is 11.8 Å². The lowest BCUT2D eigenvalue weighted by atomic mass is 10.0. The highest BCUT2D eigenvalue weighted by atomic mass is 19.2.